The van der Waals surface area contributed by atoms with Crippen molar-refractivity contribution in [2.45, 2.75) is 45.4 Å². The van der Waals surface area contributed by atoms with Gasteiger partial charge in [0.1, 0.15) is 0 Å². The van der Waals surface area contributed by atoms with Crippen molar-refractivity contribution in [3.05, 3.63) is 0 Å². The van der Waals surface area contributed by atoms with Crippen LogP contribution in [0.15, 0.2) is 0 Å². The first-order valence-electron chi connectivity index (χ1n) is 6.20. The summed E-state index contributed by atoms with van der Waals surface area (Å²) in [6, 6.07) is 0. The van der Waals surface area contributed by atoms with Crippen LogP contribution < -0.4 is 0 Å². The van der Waals surface area contributed by atoms with Crippen molar-refractivity contribution in [1.29, 1.82) is 0 Å². The molecule has 14 heavy (non-hydrogen) atoms. The zero-order valence-electron chi connectivity index (χ0n) is 9.54. The molecule has 0 amide bonds. The lowest BCUT2D eigenvalue weighted by Gasteiger charge is -2.21. The van der Waals surface area contributed by atoms with Gasteiger partial charge < -0.3 is 4.90 Å². The van der Waals surface area contributed by atoms with Gasteiger partial charge in [-0.25, -0.2) is 0 Å². The largest absolute Gasteiger partial charge is 0.303 e. The van der Waals surface area contributed by atoms with Gasteiger partial charge in [-0.2, -0.15) is 12.6 Å². The molecule has 0 heterocycles. The van der Waals surface area contributed by atoms with E-state index in [0.717, 1.165) is 11.7 Å². The van der Waals surface area contributed by atoms with E-state index in [1.165, 1.54) is 58.2 Å². The zero-order valence-corrected chi connectivity index (χ0v) is 10.4. The first kappa shape index (κ1) is 12.4. The van der Waals surface area contributed by atoms with E-state index in [4.69, 9.17) is 0 Å². The molecule has 2 heteroatoms. The first-order valence-corrected chi connectivity index (χ1v) is 6.83. The highest BCUT2D eigenvalue weighted by molar-refractivity contribution is 7.80. The number of nitrogens with zero attached hydrogens (tertiary/aromatic N) is 1. The van der Waals surface area contributed by atoms with Crippen LogP contribution in [-0.4, -0.2) is 30.3 Å². The first-order chi connectivity index (χ1) is 6.86. The summed E-state index contributed by atoms with van der Waals surface area (Å²) in [6.07, 6.45) is 8.28. The molecule has 1 aliphatic carbocycles. The summed E-state index contributed by atoms with van der Waals surface area (Å²) in [6.45, 7) is 6.28. The number of hydrogen-bond donors (Lipinski definition) is 1. The number of hydrogen-bond acceptors (Lipinski definition) is 2. The SMILES string of the molecule is CCCN(CCCCCS)CC1CC1. The molecule has 1 aliphatic rings. The Kier molecular flexibility index (Phi) is 6.70. The molecule has 0 atom stereocenters. The highest BCUT2D eigenvalue weighted by Gasteiger charge is 2.23. The molecule has 0 spiro atoms. The maximum absolute atomic E-state index is 4.24. The quantitative estimate of drug-likeness (QED) is 0.456. The maximum Gasteiger partial charge on any atom is 0.000966 e. The van der Waals surface area contributed by atoms with Crippen molar-refractivity contribution >= 4 is 12.6 Å². The monoisotopic (exact) mass is 215 g/mol. The van der Waals surface area contributed by atoms with Crippen LogP contribution in [0.1, 0.15) is 45.4 Å². The minimum absolute atomic E-state index is 1.05. The van der Waals surface area contributed by atoms with Gasteiger partial charge in [-0.3, -0.25) is 0 Å². The van der Waals surface area contributed by atoms with E-state index in [1.807, 2.05) is 0 Å². The molecular formula is C12H25NS. The van der Waals surface area contributed by atoms with E-state index in [1.54, 1.807) is 0 Å². The van der Waals surface area contributed by atoms with Crippen LogP contribution in [0.4, 0.5) is 0 Å². The lowest BCUT2D eigenvalue weighted by molar-refractivity contribution is 0.258. The van der Waals surface area contributed by atoms with Crippen molar-refractivity contribution in [2.24, 2.45) is 5.92 Å². The topological polar surface area (TPSA) is 3.24 Å². The Morgan fingerprint density at radius 2 is 1.93 bits per heavy atom. The third kappa shape index (κ3) is 5.92. The molecule has 0 N–H and O–H groups in total. The second kappa shape index (κ2) is 7.58. The van der Waals surface area contributed by atoms with Crippen molar-refractivity contribution in [3.63, 3.8) is 0 Å². The second-order valence-electron chi connectivity index (χ2n) is 4.53. The minimum Gasteiger partial charge on any atom is -0.303 e. The molecule has 0 aromatic rings. The van der Waals surface area contributed by atoms with Gasteiger partial charge in [0.05, 0.1) is 0 Å². The molecule has 0 bridgehead atoms. The van der Waals surface area contributed by atoms with Crippen molar-refractivity contribution < 1.29 is 0 Å². The lowest BCUT2D eigenvalue weighted by Crippen LogP contribution is -2.28. The number of rotatable bonds is 9. The summed E-state index contributed by atoms with van der Waals surface area (Å²) in [5.41, 5.74) is 0. The number of thiol groups is 1. The van der Waals surface area contributed by atoms with Gasteiger partial charge in [0, 0.05) is 6.54 Å². The van der Waals surface area contributed by atoms with Gasteiger partial charge in [-0.15, -0.1) is 0 Å². The number of unbranched alkanes of at least 4 members (excludes halogenated alkanes) is 2. The van der Waals surface area contributed by atoms with Gasteiger partial charge >= 0.3 is 0 Å². The molecule has 1 nitrogen and oxygen atoms in total. The van der Waals surface area contributed by atoms with E-state index in [-0.39, 0.29) is 0 Å². The smallest absolute Gasteiger partial charge is 0.000966 e. The van der Waals surface area contributed by atoms with Gasteiger partial charge in [0.15, 0.2) is 0 Å². The Balaban J connectivity index is 2.01. The van der Waals surface area contributed by atoms with Crippen LogP contribution in [0.3, 0.4) is 0 Å². The minimum atomic E-state index is 1.05. The fraction of sp³-hybridized carbons (Fsp3) is 1.00. The van der Waals surface area contributed by atoms with E-state index in [0.29, 0.717) is 0 Å². The van der Waals surface area contributed by atoms with Gasteiger partial charge in [-0.1, -0.05) is 13.3 Å². The van der Waals surface area contributed by atoms with Crippen LogP contribution in [0.25, 0.3) is 0 Å². The summed E-state index contributed by atoms with van der Waals surface area (Å²) >= 11 is 4.24. The molecule has 0 radical (unpaired) electrons. The van der Waals surface area contributed by atoms with E-state index >= 15 is 0 Å². The summed E-state index contributed by atoms with van der Waals surface area (Å²) < 4.78 is 0. The molecule has 0 unspecified atom stereocenters. The van der Waals surface area contributed by atoms with Crippen molar-refractivity contribution in [3.8, 4) is 0 Å². The van der Waals surface area contributed by atoms with Gasteiger partial charge in [-0.05, 0) is 56.9 Å². The molecule has 1 saturated carbocycles. The average molecular weight is 215 g/mol. The summed E-state index contributed by atoms with van der Waals surface area (Å²) in [5, 5.41) is 0. The lowest BCUT2D eigenvalue weighted by atomic mass is 10.2. The van der Waals surface area contributed by atoms with Crippen LogP contribution in [0.5, 0.6) is 0 Å². The second-order valence-corrected chi connectivity index (χ2v) is 4.98. The molecule has 1 fully saturated rings. The Morgan fingerprint density at radius 3 is 2.50 bits per heavy atom. The van der Waals surface area contributed by atoms with E-state index in [2.05, 4.69) is 24.5 Å². The predicted molar refractivity (Wildman–Crippen MR) is 67.2 cm³/mol. The molecule has 0 saturated heterocycles. The van der Waals surface area contributed by atoms with Gasteiger partial charge in [0.25, 0.3) is 0 Å². The summed E-state index contributed by atoms with van der Waals surface area (Å²) in [4.78, 5) is 2.66. The van der Waals surface area contributed by atoms with Gasteiger partial charge in [0.2, 0.25) is 0 Å². The highest BCUT2D eigenvalue weighted by atomic mass is 32.1. The summed E-state index contributed by atoms with van der Waals surface area (Å²) in [7, 11) is 0. The molecule has 0 aromatic heterocycles. The van der Waals surface area contributed by atoms with Crippen molar-refractivity contribution in [1.82, 2.24) is 4.90 Å². The van der Waals surface area contributed by atoms with Crippen LogP contribution >= 0.6 is 12.6 Å². The highest BCUT2D eigenvalue weighted by Crippen LogP contribution is 2.29. The zero-order chi connectivity index (χ0) is 10.2. The Hall–Kier alpha value is 0.310. The van der Waals surface area contributed by atoms with E-state index in [9.17, 15) is 0 Å². The normalized spacial score (nSPS) is 16.5. The molecule has 0 aromatic carbocycles. The fourth-order valence-corrected chi connectivity index (χ4v) is 2.12. The Labute approximate surface area is 94.7 Å². The Morgan fingerprint density at radius 1 is 1.14 bits per heavy atom. The fourth-order valence-electron chi connectivity index (χ4n) is 1.90. The predicted octanol–water partition coefficient (Wildman–Crippen LogP) is 3.21. The maximum atomic E-state index is 4.24. The average Bonchev–Trinajstić information content (AvgIpc) is 2.96. The molecule has 0 aliphatic heterocycles. The van der Waals surface area contributed by atoms with Crippen LogP contribution in [0, 0.1) is 5.92 Å². The van der Waals surface area contributed by atoms with Crippen LogP contribution in [-0.2, 0) is 0 Å². The molecule has 84 valence electrons. The molecular weight excluding hydrogens is 190 g/mol. The Bertz CT molecular complexity index is 134. The molecule has 1 rings (SSSR count). The van der Waals surface area contributed by atoms with E-state index < -0.39 is 0 Å². The third-order valence-electron chi connectivity index (χ3n) is 2.89. The summed E-state index contributed by atoms with van der Waals surface area (Å²) in [5.74, 6) is 2.10. The van der Waals surface area contributed by atoms with Crippen molar-refractivity contribution in [2.75, 3.05) is 25.4 Å². The van der Waals surface area contributed by atoms with Crippen LogP contribution in [0.2, 0.25) is 0 Å². The third-order valence-corrected chi connectivity index (χ3v) is 3.20. The standard InChI is InChI=1S/C12H25NS/c1-2-8-13(11-12-6-7-12)9-4-3-5-10-14/h12,14H,2-11H2,1H3.